The molecule has 0 bridgehead atoms. The number of hydrogen-bond acceptors (Lipinski definition) is 4. The Hall–Kier alpha value is -2.37. The van der Waals surface area contributed by atoms with Gasteiger partial charge in [0.05, 0.1) is 5.92 Å². The number of aryl methyl sites for hydroxylation is 1. The molecular weight excluding hydrogens is 344 g/mol. The van der Waals surface area contributed by atoms with Crippen LogP contribution in [-0.4, -0.2) is 36.5 Å². The van der Waals surface area contributed by atoms with Crippen molar-refractivity contribution in [3.05, 3.63) is 29.8 Å². The second kappa shape index (κ2) is 8.55. The molecule has 2 aliphatic rings. The summed E-state index contributed by atoms with van der Waals surface area (Å²) in [4.78, 5) is 38.6. The van der Waals surface area contributed by atoms with Crippen molar-refractivity contribution in [3.63, 3.8) is 0 Å². The van der Waals surface area contributed by atoms with E-state index in [0.29, 0.717) is 0 Å². The fourth-order valence-electron chi connectivity index (χ4n) is 3.73. The molecule has 1 saturated heterocycles. The Balaban J connectivity index is 1.52. The number of esters is 1. The van der Waals surface area contributed by atoms with E-state index in [-0.39, 0.29) is 30.8 Å². The smallest absolute Gasteiger partial charge is 0.312 e. The molecule has 3 rings (SSSR count). The Bertz CT molecular complexity index is 695. The van der Waals surface area contributed by atoms with E-state index < -0.39 is 18.0 Å². The summed E-state index contributed by atoms with van der Waals surface area (Å²) in [6.07, 6.45) is 4.69. The van der Waals surface area contributed by atoms with E-state index in [4.69, 9.17) is 4.74 Å². The molecule has 1 aromatic carbocycles. The van der Waals surface area contributed by atoms with Crippen molar-refractivity contribution in [1.82, 2.24) is 5.32 Å². The number of ether oxygens (including phenoxy) is 1. The fourth-order valence-corrected chi connectivity index (χ4v) is 3.73. The number of hydrogen-bond donors (Lipinski definition) is 1. The van der Waals surface area contributed by atoms with Gasteiger partial charge in [0.2, 0.25) is 5.91 Å². The lowest BCUT2D eigenvalue weighted by Crippen LogP contribution is -2.43. The zero-order valence-corrected chi connectivity index (χ0v) is 16.1. The van der Waals surface area contributed by atoms with Crippen LogP contribution >= 0.6 is 0 Å². The zero-order valence-electron chi connectivity index (χ0n) is 16.1. The van der Waals surface area contributed by atoms with Gasteiger partial charge in [-0.2, -0.15) is 0 Å². The minimum Gasteiger partial charge on any atom is -0.452 e. The van der Waals surface area contributed by atoms with Gasteiger partial charge in [-0.15, -0.1) is 0 Å². The van der Waals surface area contributed by atoms with Crippen LogP contribution in [-0.2, 0) is 19.1 Å². The minimum atomic E-state index is -0.844. The lowest BCUT2D eigenvalue weighted by molar-refractivity contribution is -0.158. The van der Waals surface area contributed by atoms with Gasteiger partial charge in [0.15, 0.2) is 6.10 Å². The molecule has 0 radical (unpaired) electrons. The predicted octanol–water partition coefficient (Wildman–Crippen LogP) is 2.73. The van der Waals surface area contributed by atoms with Crippen molar-refractivity contribution < 1.29 is 19.1 Å². The quantitative estimate of drug-likeness (QED) is 0.807. The summed E-state index contributed by atoms with van der Waals surface area (Å²) in [5, 5.41) is 2.97. The van der Waals surface area contributed by atoms with Crippen LogP contribution in [0.15, 0.2) is 24.3 Å². The van der Waals surface area contributed by atoms with Crippen molar-refractivity contribution in [1.29, 1.82) is 0 Å². The summed E-state index contributed by atoms with van der Waals surface area (Å²) >= 11 is 0. The van der Waals surface area contributed by atoms with Crippen LogP contribution in [0.4, 0.5) is 5.69 Å². The van der Waals surface area contributed by atoms with Crippen molar-refractivity contribution in [2.45, 2.75) is 64.5 Å². The molecule has 1 aliphatic heterocycles. The average Bonchev–Trinajstić information content (AvgIpc) is 3.05. The molecule has 1 N–H and O–H groups in total. The molecule has 1 aliphatic carbocycles. The highest BCUT2D eigenvalue weighted by Gasteiger charge is 2.37. The first-order valence-electron chi connectivity index (χ1n) is 9.82. The van der Waals surface area contributed by atoms with Crippen molar-refractivity contribution in [2.75, 3.05) is 11.4 Å². The minimum absolute atomic E-state index is 0.0971. The van der Waals surface area contributed by atoms with Crippen LogP contribution < -0.4 is 10.2 Å². The molecule has 1 saturated carbocycles. The summed E-state index contributed by atoms with van der Waals surface area (Å²) < 4.78 is 5.36. The Labute approximate surface area is 160 Å². The third-order valence-electron chi connectivity index (χ3n) is 5.42. The number of benzene rings is 1. The summed E-state index contributed by atoms with van der Waals surface area (Å²) in [6.45, 7) is 3.86. The van der Waals surface area contributed by atoms with Crippen LogP contribution in [0.2, 0.25) is 0 Å². The normalized spacial score (nSPS) is 21.8. The van der Waals surface area contributed by atoms with Gasteiger partial charge >= 0.3 is 5.97 Å². The van der Waals surface area contributed by atoms with Crippen molar-refractivity contribution in [3.8, 4) is 0 Å². The van der Waals surface area contributed by atoms with Crippen LogP contribution in [0.5, 0.6) is 0 Å². The van der Waals surface area contributed by atoms with E-state index in [2.05, 4.69) is 5.32 Å². The standard InChI is InChI=1S/C21H28N2O4/c1-14-8-10-18(11-9-14)23-13-16(12-19(23)24)21(26)27-15(2)20(25)22-17-6-4-3-5-7-17/h8-11,15-17H,3-7,12-13H2,1-2H3,(H,22,25)/t15-,16-/m1/s1. The van der Waals surface area contributed by atoms with E-state index in [1.165, 1.54) is 6.42 Å². The highest BCUT2D eigenvalue weighted by molar-refractivity contribution is 5.99. The summed E-state index contributed by atoms with van der Waals surface area (Å²) in [6, 6.07) is 7.80. The predicted molar refractivity (Wildman–Crippen MR) is 102 cm³/mol. The summed E-state index contributed by atoms with van der Waals surface area (Å²) in [7, 11) is 0. The number of carbonyl (C=O) groups is 3. The van der Waals surface area contributed by atoms with Gasteiger partial charge in [-0.1, -0.05) is 37.0 Å². The topological polar surface area (TPSA) is 75.7 Å². The van der Waals surface area contributed by atoms with Crippen molar-refractivity contribution in [2.24, 2.45) is 5.92 Å². The maximum absolute atomic E-state index is 12.4. The lowest BCUT2D eigenvalue weighted by Gasteiger charge is -2.24. The number of rotatable bonds is 5. The van der Waals surface area contributed by atoms with Gasteiger partial charge < -0.3 is 15.0 Å². The van der Waals surface area contributed by atoms with Gasteiger partial charge in [0, 0.05) is 24.7 Å². The largest absolute Gasteiger partial charge is 0.452 e. The van der Waals surface area contributed by atoms with Gasteiger partial charge in [0.25, 0.3) is 5.91 Å². The zero-order chi connectivity index (χ0) is 19.4. The molecule has 6 heteroatoms. The monoisotopic (exact) mass is 372 g/mol. The van der Waals surface area contributed by atoms with E-state index in [9.17, 15) is 14.4 Å². The molecule has 0 spiro atoms. The van der Waals surface area contributed by atoms with E-state index in [1.54, 1.807) is 11.8 Å². The van der Waals surface area contributed by atoms with Gasteiger partial charge in [0.1, 0.15) is 0 Å². The number of anilines is 1. The van der Waals surface area contributed by atoms with Crippen LogP contribution in [0.1, 0.15) is 51.0 Å². The number of amides is 2. The molecule has 6 nitrogen and oxygen atoms in total. The maximum atomic E-state index is 12.4. The third kappa shape index (κ3) is 4.87. The number of nitrogens with zero attached hydrogens (tertiary/aromatic N) is 1. The first-order valence-corrected chi connectivity index (χ1v) is 9.82. The Morgan fingerprint density at radius 2 is 1.81 bits per heavy atom. The van der Waals surface area contributed by atoms with E-state index in [1.807, 2.05) is 31.2 Å². The van der Waals surface area contributed by atoms with Gasteiger partial charge in [-0.05, 0) is 38.8 Å². The maximum Gasteiger partial charge on any atom is 0.312 e. The molecule has 27 heavy (non-hydrogen) atoms. The lowest BCUT2D eigenvalue weighted by atomic mass is 9.95. The Kier molecular flexibility index (Phi) is 6.14. The molecule has 0 unspecified atom stereocenters. The second-order valence-corrected chi connectivity index (χ2v) is 7.66. The molecule has 1 heterocycles. The first kappa shape index (κ1) is 19.4. The fraction of sp³-hybridized carbons (Fsp3) is 0.571. The van der Waals surface area contributed by atoms with Gasteiger partial charge in [-0.25, -0.2) is 0 Å². The molecule has 0 aromatic heterocycles. The number of nitrogens with one attached hydrogen (secondary N) is 1. The molecule has 1 aromatic rings. The van der Waals surface area contributed by atoms with Gasteiger partial charge in [-0.3, -0.25) is 14.4 Å². The van der Waals surface area contributed by atoms with E-state index >= 15 is 0 Å². The number of carbonyl (C=O) groups excluding carboxylic acids is 3. The van der Waals surface area contributed by atoms with Crippen LogP contribution in [0.3, 0.4) is 0 Å². The van der Waals surface area contributed by atoms with Crippen LogP contribution in [0.25, 0.3) is 0 Å². The second-order valence-electron chi connectivity index (χ2n) is 7.66. The average molecular weight is 372 g/mol. The van der Waals surface area contributed by atoms with Crippen LogP contribution in [0, 0.1) is 12.8 Å². The Morgan fingerprint density at radius 1 is 1.15 bits per heavy atom. The molecule has 2 atom stereocenters. The van der Waals surface area contributed by atoms with Crippen molar-refractivity contribution >= 4 is 23.5 Å². The Morgan fingerprint density at radius 3 is 2.48 bits per heavy atom. The highest BCUT2D eigenvalue weighted by Crippen LogP contribution is 2.26. The highest BCUT2D eigenvalue weighted by atomic mass is 16.5. The molecule has 146 valence electrons. The summed E-state index contributed by atoms with van der Waals surface area (Å²) in [5.41, 5.74) is 1.89. The SMILES string of the molecule is Cc1ccc(N2C[C@H](C(=O)O[C@H](C)C(=O)NC3CCCCC3)CC2=O)cc1. The summed E-state index contributed by atoms with van der Waals surface area (Å²) in [5.74, 6) is -1.37. The first-order chi connectivity index (χ1) is 12.9. The molecule has 2 amide bonds. The van der Waals surface area contributed by atoms with E-state index in [0.717, 1.165) is 36.9 Å². The molecular formula is C21H28N2O4. The molecule has 2 fully saturated rings. The third-order valence-corrected chi connectivity index (χ3v) is 5.42.